The van der Waals surface area contributed by atoms with Gasteiger partial charge in [0.2, 0.25) is 5.91 Å². The molecule has 0 aromatic carbocycles. The minimum Gasteiger partial charge on any atom is -0.468 e. The molecular formula is C14H19NO4. The van der Waals surface area contributed by atoms with Crippen LogP contribution in [-0.2, 0) is 19.1 Å². The van der Waals surface area contributed by atoms with Crippen LogP contribution in [0.4, 0.5) is 0 Å². The van der Waals surface area contributed by atoms with Crippen LogP contribution in [0.3, 0.4) is 0 Å². The molecule has 5 nitrogen and oxygen atoms in total. The van der Waals surface area contributed by atoms with Crippen LogP contribution >= 0.6 is 0 Å². The lowest BCUT2D eigenvalue weighted by atomic mass is 9.66. The van der Waals surface area contributed by atoms with Crippen LogP contribution < -0.4 is 0 Å². The first-order chi connectivity index (χ1) is 9.11. The smallest absolute Gasteiger partial charge is 0.316 e. The van der Waals surface area contributed by atoms with Crippen LogP contribution in [0.2, 0.25) is 0 Å². The molecular weight excluding hydrogens is 246 g/mol. The zero-order chi connectivity index (χ0) is 13.6. The van der Waals surface area contributed by atoms with Gasteiger partial charge in [-0.25, -0.2) is 0 Å². The predicted molar refractivity (Wildman–Crippen MR) is 66.1 cm³/mol. The minimum absolute atomic E-state index is 0.0684. The molecule has 1 spiro atoms. The second-order valence-corrected chi connectivity index (χ2v) is 5.85. The van der Waals surface area contributed by atoms with Crippen molar-refractivity contribution in [3.63, 3.8) is 0 Å². The van der Waals surface area contributed by atoms with Gasteiger partial charge in [0.1, 0.15) is 11.5 Å². The Morgan fingerprint density at radius 2 is 2.11 bits per heavy atom. The van der Waals surface area contributed by atoms with Crippen molar-refractivity contribution >= 4 is 17.7 Å². The number of piperidine rings is 1. The maximum absolute atomic E-state index is 12.8. The van der Waals surface area contributed by atoms with Gasteiger partial charge in [0.15, 0.2) is 5.78 Å². The number of methoxy groups -OCH3 is 1. The van der Waals surface area contributed by atoms with Gasteiger partial charge < -0.3 is 9.64 Å². The number of esters is 1. The highest BCUT2D eigenvalue weighted by Crippen LogP contribution is 2.50. The fraction of sp³-hybridized carbons (Fsp3) is 0.786. The normalized spacial score (nSPS) is 37.8. The third-order valence-corrected chi connectivity index (χ3v) is 5.11. The first-order valence-electron chi connectivity index (χ1n) is 7.04. The van der Waals surface area contributed by atoms with Crippen molar-refractivity contribution in [1.29, 1.82) is 0 Å². The third kappa shape index (κ3) is 1.56. The molecule has 1 amide bonds. The summed E-state index contributed by atoms with van der Waals surface area (Å²) in [5.41, 5.74) is -0.688. The molecule has 0 bridgehead atoms. The average molecular weight is 265 g/mol. The van der Waals surface area contributed by atoms with E-state index in [2.05, 4.69) is 0 Å². The van der Waals surface area contributed by atoms with Crippen LogP contribution in [0.25, 0.3) is 0 Å². The molecule has 1 saturated carbocycles. The van der Waals surface area contributed by atoms with E-state index in [0.717, 1.165) is 25.7 Å². The van der Waals surface area contributed by atoms with Gasteiger partial charge in [-0.15, -0.1) is 0 Å². The van der Waals surface area contributed by atoms with Crippen molar-refractivity contribution < 1.29 is 19.1 Å². The first-order valence-corrected chi connectivity index (χ1v) is 7.04. The quantitative estimate of drug-likeness (QED) is 0.522. The van der Waals surface area contributed by atoms with E-state index < -0.39 is 17.4 Å². The fourth-order valence-electron chi connectivity index (χ4n) is 4.24. The van der Waals surface area contributed by atoms with Gasteiger partial charge in [-0.3, -0.25) is 14.4 Å². The van der Waals surface area contributed by atoms with Gasteiger partial charge in [-0.2, -0.15) is 0 Å². The van der Waals surface area contributed by atoms with Gasteiger partial charge in [0.05, 0.1) is 7.11 Å². The van der Waals surface area contributed by atoms with Crippen LogP contribution in [0, 0.1) is 11.8 Å². The third-order valence-electron chi connectivity index (χ3n) is 5.11. The van der Waals surface area contributed by atoms with Crippen molar-refractivity contribution in [2.75, 3.05) is 13.7 Å². The Morgan fingerprint density at radius 3 is 2.84 bits per heavy atom. The summed E-state index contributed by atoms with van der Waals surface area (Å²) >= 11 is 0. The van der Waals surface area contributed by atoms with Gasteiger partial charge in [0, 0.05) is 13.0 Å². The SMILES string of the molecule is COC(=O)C1CCN2C(=O)C[C@@H]3CCCCC32C1=O. The number of amides is 1. The maximum atomic E-state index is 12.8. The maximum Gasteiger partial charge on any atom is 0.316 e. The van der Waals surface area contributed by atoms with Crippen LogP contribution in [0.1, 0.15) is 38.5 Å². The van der Waals surface area contributed by atoms with E-state index in [4.69, 9.17) is 4.74 Å². The second-order valence-electron chi connectivity index (χ2n) is 5.85. The Hall–Kier alpha value is -1.39. The second kappa shape index (κ2) is 4.32. The number of hydrogen-bond donors (Lipinski definition) is 0. The molecule has 3 fully saturated rings. The monoisotopic (exact) mass is 265 g/mol. The van der Waals surface area contributed by atoms with E-state index in [1.54, 1.807) is 4.90 Å². The van der Waals surface area contributed by atoms with E-state index in [1.165, 1.54) is 7.11 Å². The van der Waals surface area contributed by atoms with Crippen molar-refractivity contribution in [3.05, 3.63) is 0 Å². The van der Waals surface area contributed by atoms with Crippen LogP contribution in [-0.4, -0.2) is 41.8 Å². The molecule has 0 radical (unpaired) electrons. The summed E-state index contributed by atoms with van der Waals surface area (Å²) in [6.45, 7) is 0.515. The van der Waals surface area contributed by atoms with Crippen molar-refractivity contribution in [2.24, 2.45) is 11.8 Å². The van der Waals surface area contributed by atoms with Crippen molar-refractivity contribution in [3.8, 4) is 0 Å². The van der Waals surface area contributed by atoms with Gasteiger partial charge in [0.25, 0.3) is 0 Å². The molecule has 3 atom stereocenters. The average Bonchev–Trinajstić information content (AvgIpc) is 2.72. The summed E-state index contributed by atoms with van der Waals surface area (Å²) in [5, 5.41) is 0. The minimum atomic E-state index is -0.688. The molecule has 2 aliphatic heterocycles. The van der Waals surface area contributed by atoms with E-state index in [1.807, 2.05) is 0 Å². The highest BCUT2D eigenvalue weighted by molar-refractivity contribution is 6.08. The summed E-state index contributed by atoms with van der Waals surface area (Å²) in [5.74, 6) is -0.992. The van der Waals surface area contributed by atoms with E-state index in [9.17, 15) is 14.4 Å². The molecule has 0 aromatic heterocycles. The Labute approximate surface area is 112 Å². The summed E-state index contributed by atoms with van der Waals surface area (Å²) in [7, 11) is 1.32. The van der Waals surface area contributed by atoms with Gasteiger partial charge in [-0.05, 0) is 25.2 Å². The van der Waals surface area contributed by atoms with E-state index in [-0.39, 0.29) is 17.6 Å². The van der Waals surface area contributed by atoms with Crippen LogP contribution in [0.5, 0.6) is 0 Å². The molecule has 2 unspecified atom stereocenters. The summed E-state index contributed by atoms with van der Waals surface area (Å²) in [4.78, 5) is 38.5. The molecule has 5 heteroatoms. The predicted octanol–water partition coefficient (Wildman–Crippen LogP) is 0.910. The lowest BCUT2D eigenvalue weighted by molar-refractivity contribution is -0.162. The highest BCUT2D eigenvalue weighted by atomic mass is 16.5. The molecule has 3 rings (SSSR count). The van der Waals surface area contributed by atoms with E-state index >= 15 is 0 Å². The number of carbonyl (C=O) groups is 3. The standard InChI is InChI=1S/C14H19NO4/c1-19-13(18)10-5-7-15-11(16)8-9-4-2-3-6-14(9,15)12(10)17/h9-10H,2-8H2,1H3/t9-,10?,14?/m0/s1. The number of rotatable bonds is 1. The van der Waals surface area contributed by atoms with Gasteiger partial charge in [-0.1, -0.05) is 12.8 Å². The van der Waals surface area contributed by atoms with E-state index in [0.29, 0.717) is 19.4 Å². The topological polar surface area (TPSA) is 63.7 Å². The molecule has 1 aliphatic carbocycles. The first kappa shape index (κ1) is 12.6. The Balaban J connectivity index is 1.98. The fourth-order valence-corrected chi connectivity index (χ4v) is 4.24. The van der Waals surface area contributed by atoms with Crippen molar-refractivity contribution in [2.45, 2.75) is 44.1 Å². The number of nitrogens with zero attached hydrogens (tertiary/aromatic N) is 1. The Kier molecular flexibility index (Phi) is 2.87. The number of Topliss-reactive ketones (excluding diaryl/α,β-unsaturated/α-hetero) is 1. The number of ketones is 1. The number of hydrogen-bond acceptors (Lipinski definition) is 4. The Morgan fingerprint density at radius 1 is 1.32 bits per heavy atom. The zero-order valence-corrected chi connectivity index (χ0v) is 11.2. The molecule has 3 aliphatic rings. The van der Waals surface area contributed by atoms with Gasteiger partial charge >= 0.3 is 5.97 Å². The molecule has 0 aromatic rings. The lowest BCUT2D eigenvalue weighted by Crippen LogP contribution is -2.63. The summed E-state index contributed by atoms with van der Waals surface area (Å²) in [6, 6.07) is 0. The molecule has 0 N–H and O–H groups in total. The number of carbonyl (C=O) groups excluding carboxylic acids is 3. The lowest BCUT2D eigenvalue weighted by Gasteiger charge is -2.48. The van der Waals surface area contributed by atoms with Crippen molar-refractivity contribution in [1.82, 2.24) is 4.90 Å². The molecule has 104 valence electrons. The summed E-state index contributed by atoms with van der Waals surface area (Å²) < 4.78 is 4.75. The number of ether oxygens (including phenoxy) is 1. The summed E-state index contributed by atoms with van der Waals surface area (Å²) in [6.07, 6.45) is 4.55. The molecule has 2 saturated heterocycles. The Bertz CT molecular complexity index is 447. The molecule has 19 heavy (non-hydrogen) atoms. The highest BCUT2D eigenvalue weighted by Gasteiger charge is 2.62. The zero-order valence-electron chi connectivity index (χ0n) is 11.2. The van der Waals surface area contributed by atoms with Crippen LogP contribution in [0.15, 0.2) is 0 Å². The molecule has 2 heterocycles. The largest absolute Gasteiger partial charge is 0.468 e.